The molecule has 0 radical (unpaired) electrons. The molecule has 0 spiro atoms. The van der Waals surface area contributed by atoms with E-state index in [2.05, 4.69) is 28.6 Å². The Kier molecular flexibility index (Phi) is 7.61. The highest BCUT2D eigenvalue weighted by Crippen LogP contribution is 2.32. The first-order chi connectivity index (χ1) is 12.0. The fraction of sp³-hybridized carbons (Fsp3) is 0.278. The molecule has 0 aliphatic rings. The van der Waals surface area contributed by atoms with Gasteiger partial charge in [-0.1, -0.05) is 34.1 Å². The van der Waals surface area contributed by atoms with Gasteiger partial charge >= 0.3 is 5.97 Å². The Balaban J connectivity index is 2.16. The average molecular weight is 427 g/mol. The van der Waals surface area contributed by atoms with Gasteiger partial charge in [0.2, 0.25) is 0 Å². The molecule has 2 atom stereocenters. The van der Waals surface area contributed by atoms with Crippen LogP contribution in [0.15, 0.2) is 53.0 Å². The van der Waals surface area contributed by atoms with Crippen molar-refractivity contribution >= 4 is 34.5 Å². The van der Waals surface area contributed by atoms with E-state index in [1.807, 2.05) is 18.2 Å². The topological polar surface area (TPSA) is 76.0 Å². The monoisotopic (exact) mass is 426 g/mol. The normalized spacial score (nSPS) is 13.1. The van der Waals surface area contributed by atoms with Gasteiger partial charge in [-0.3, -0.25) is 4.79 Å². The van der Waals surface area contributed by atoms with Gasteiger partial charge < -0.3 is 19.7 Å². The molecule has 2 aromatic carbocycles. The standard InChI is InChI=1S/C18H19BrO5S/c19-12-6-7-15(20)14(10-12)18(22)16(8-9-23-17(21)11-25)24-13-4-2-1-3-5-13/h1-7,10,16,18,20,22,25H,8-9,11H2/t16-,18-/m1/s1. The molecule has 5 nitrogen and oxygen atoms in total. The highest BCUT2D eigenvalue weighted by molar-refractivity contribution is 9.10. The zero-order chi connectivity index (χ0) is 18.2. The zero-order valence-corrected chi connectivity index (χ0v) is 15.8. The summed E-state index contributed by atoms with van der Waals surface area (Å²) in [5.41, 5.74) is 0.329. The number of rotatable bonds is 8. The summed E-state index contributed by atoms with van der Waals surface area (Å²) in [6.07, 6.45) is -1.57. The smallest absolute Gasteiger partial charge is 0.315 e. The molecular weight excluding hydrogens is 408 g/mol. The molecule has 0 aromatic heterocycles. The molecule has 134 valence electrons. The van der Waals surface area contributed by atoms with Gasteiger partial charge in [0.1, 0.15) is 23.7 Å². The third kappa shape index (κ3) is 5.95. The van der Waals surface area contributed by atoms with Crippen molar-refractivity contribution in [1.82, 2.24) is 0 Å². The van der Waals surface area contributed by atoms with Crippen LogP contribution in [0.3, 0.4) is 0 Å². The van der Waals surface area contributed by atoms with Crippen molar-refractivity contribution in [3.63, 3.8) is 0 Å². The van der Waals surface area contributed by atoms with Gasteiger partial charge in [-0.15, -0.1) is 0 Å². The number of phenolic OH excluding ortho intramolecular Hbond substituents is 1. The predicted octanol–water partition coefficient (Wildman–Crippen LogP) is 3.50. The molecule has 0 bridgehead atoms. The molecule has 0 saturated heterocycles. The van der Waals surface area contributed by atoms with E-state index in [1.54, 1.807) is 24.3 Å². The molecule has 0 aliphatic heterocycles. The van der Waals surface area contributed by atoms with Crippen LogP contribution in [0.2, 0.25) is 0 Å². The van der Waals surface area contributed by atoms with Crippen LogP contribution in [0.1, 0.15) is 18.1 Å². The van der Waals surface area contributed by atoms with Crippen LogP contribution in [-0.2, 0) is 9.53 Å². The summed E-state index contributed by atoms with van der Waals surface area (Å²) in [5.74, 6) is 0.0759. The van der Waals surface area contributed by atoms with Gasteiger partial charge in [0, 0.05) is 16.5 Å². The summed E-state index contributed by atoms with van der Waals surface area (Å²) in [6.45, 7) is 0.0721. The van der Waals surface area contributed by atoms with Crippen molar-refractivity contribution in [3.05, 3.63) is 58.6 Å². The van der Waals surface area contributed by atoms with Crippen LogP contribution in [0.5, 0.6) is 11.5 Å². The lowest BCUT2D eigenvalue weighted by atomic mass is 10.0. The molecule has 0 amide bonds. The quantitative estimate of drug-likeness (QED) is 0.444. The van der Waals surface area contributed by atoms with E-state index in [4.69, 9.17) is 9.47 Å². The number of ether oxygens (including phenoxy) is 2. The third-order valence-corrected chi connectivity index (χ3v) is 4.24. The minimum absolute atomic E-state index is 0.0147. The third-order valence-electron chi connectivity index (χ3n) is 3.49. The fourth-order valence-corrected chi connectivity index (χ4v) is 2.72. The maximum absolute atomic E-state index is 11.2. The number of aliphatic hydroxyl groups excluding tert-OH is 1. The van der Waals surface area contributed by atoms with E-state index in [-0.39, 0.29) is 24.5 Å². The zero-order valence-electron chi connectivity index (χ0n) is 13.3. The van der Waals surface area contributed by atoms with Crippen molar-refractivity contribution in [1.29, 1.82) is 0 Å². The number of carbonyl (C=O) groups excluding carboxylic acids is 1. The fourth-order valence-electron chi connectivity index (χ4n) is 2.25. The highest BCUT2D eigenvalue weighted by Gasteiger charge is 2.26. The number of hydrogen-bond acceptors (Lipinski definition) is 6. The molecule has 0 saturated carbocycles. The lowest BCUT2D eigenvalue weighted by Gasteiger charge is -2.25. The van der Waals surface area contributed by atoms with Crippen LogP contribution in [-0.4, -0.2) is 34.6 Å². The summed E-state index contributed by atoms with van der Waals surface area (Å²) >= 11 is 7.17. The molecular formula is C18H19BrO5S. The summed E-state index contributed by atoms with van der Waals surface area (Å²) in [5, 5.41) is 20.7. The Bertz CT molecular complexity index is 695. The van der Waals surface area contributed by atoms with E-state index in [0.717, 1.165) is 4.47 Å². The van der Waals surface area contributed by atoms with Crippen molar-refractivity contribution in [2.24, 2.45) is 0 Å². The van der Waals surface area contributed by atoms with Gasteiger partial charge in [-0.05, 0) is 30.3 Å². The Hall–Kier alpha value is -1.70. The minimum atomic E-state index is -1.10. The van der Waals surface area contributed by atoms with Gasteiger partial charge in [-0.25, -0.2) is 0 Å². The molecule has 0 fully saturated rings. The first-order valence-corrected chi connectivity index (χ1v) is 9.08. The first-order valence-electron chi connectivity index (χ1n) is 7.66. The Labute approximate surface area is 160 Å². The van der Waals surface area contributed by atoms with E-state index in [0.29, 0.717) is 11.3 Å². The highest BCUT2D eigenvalue weighted by atomic mass is 79.9. The van der Waals surface area contributed by atoms with Crippen LogP contribution >= 0.6 is 28.6 Å². The molecule has 2 aromatic rings. The maximum Gasteiger partial charge on any atom is 0.315 e. The lowest BCUT2D eigenvalue weighted by molar-refractivity contribution is -0.141. The summed E-state index contributed by atoms with van der Waals surface area (Å²) in [4.78, 5) is 11.2. The van der Waals surface area contributed by atoms with E-state index >= 15 is 0 Å². The summed E-state index contributed by atoms with van der Waals surface area (Å²) in [6, 6.07) is 13.8. The lowest BCUT2D eigenvalue weighted by Crippen LogP contribution is -2.28. The number of thiol groups is 1. The first kappa shape index (κ1) is 19.6. The Morgan fingerprint density at radius 2 is 1.92 bits per heavy atom. The number of phenols is 1. The minimum Gasteiger partial charge on any atom is -0.508 e. The Morgan fingerprint density at radius 3 is 2.60 bits per heavy atom. The molecule has 2 rings (SSSR count). The molecule has 0 unspecified atom stereocenters. The van der Waals surface area contributed by atoms with Crippen molar-refractivity contribution < 1.29 is 24.5 Å². The number of aromatic hydroxyl groups is 1. The van der Waals surface area contributed by atoms with E-state index in [9.17, 15) is 15.0 Å². The summed E-state index contributed by atoms with van der Waals surface area (Å²) < 4.78 is 11.6. The Morgan fingerprint density at radius 1 is 1.20 bits per heavy atom. The van der Waals surface area contributed by atoms with E-state index in [1.165, 1.54) is 6.07 Å². The van der Waals surface area contributed by atoms with Gasteiger partial charge in [-0.2, -0.15) is 12.6 Å². The molecule has 7 heteroatoms. The number of halogens is 1. The maximum atomic E-state index is 11.2. The number of carbonyl (C=O) groups is 1. The largest absolute Gasteiger partial charge is 0.508 e. The molecule has 0 heterocycles. The number of hydrogen-bond donors (Lipinski definition) is 3. The van der Waals surface area contributed by atoms with Crippen molar-refractivity contribution in [2.45, 2.75) is 18.6 Å². The van der Waals surface area contributed by atoms with Crippen LogP contribution in [0, 0.1) is 0 Å². The van der Waals surface area contributed by atoms with Gasteiger partial charge in [0.15, 0.2) is 0 Å². The van der Waals surface area contributed by atoms with Crippen LogP contribution in [0.25, 0.3) is 0 Å². The predicted molar refractivity (Wildman–Crippen MR) is 101 cm³/mol. The number of benzene rings is 2. The van der Waals surface area contributed by atoms with Crippen molar-refractivity contribution in [3.8, 4) is 11.5 Å². The van der Waals surface area contributed by atoms with Gasteiger partial charge in [0.05, 0.1) is 12.4 Å². The second kappa shape index (κ2) is 9.70. The second-order valence-corrected chi connectivity index (χ2v) is 6.52. The van der Waals surface area contributed by atoms with Crippen molar-refractivity contribution in [2.75, 3.05) is 12.4 Å². The average Bonchev–Trinajstić information content (AvgIpc) is 2.63. The SMILES string of the molecule is O=C(CS)OCC[C@@H](Oc1ccccc1)[C@H](O)c1cc(Br)ccc1O. The van der Waals surface area contributed by atoms with E-state index < -0.39 is 18.2 Å². The number of para-hydroxylation sites is 1. The second-order valence-electron chi connectivity index (χ2n) is 5.28. The summed E-state index contributed by atoms with van der Waals surface area (Å²) in [7, 11) is 0. The van der Waals surface area contributed by atoms with Crippen LogP contribution in [0.4, 0.5) is 0 Å². The van der Waals surface area contributed by atoms with Crippen LogP contribution < -0.4 is 4.74 Å². The number of aliphatic hydroxyl groups is 1. The molecule has 0 aliphatic carbocycles. The van der Waals surface area contributed by atoms with Gasteiger partial charge in [0.25, 0.3) is 0 Å². The number of esters is 1. The molecule has 25 heavy (non-hydrogen) atoms. The molecule has 2 N–H and O–H groups in total.